The van der Waals surface area contributed by atoms with Gasteiger partial charge < -0.3 is 5.32 Å². The minimum absolute atomic E-state index is 0.640. The number of fused-ring (bicyclic) bond motifs is 1. The van der Waals surface area contributed by atoms with Gasteiger partial charge in [0, 0.05) is 17.6 Å². The molecule has 0 aliphatic heterocycles. The van der Waals surface area contributed by atoms with E-state index in [4.69, 9.17) is 0 Å². The van der Waals surface area contributed by atoms with E-state index in [0.717, 1.165) is 12.1 Å². The molecule has 2 atom stereocenters. The molecular weight excluding hydrogens is 220 g/mol. The fourth-order valence-corrected chi connectivity index (χ4v) is 3.29. The van der Waals surface area contributed by atoms with Crippen molar-refractivity contribution >= 4 is 10.9 Å². The van der Waals surface area contributed by atoms with Crippen LogP contribution in [-0.2, 0) is 0 Å². The maximum absolute atomic E-state index is 4.46. The van der Waals surface area contributed by atoms with Gasteiger partial charge in [0.15, 0.2) is 0 Å². The van der Waals surface area contributed by atoms with Crippen LogP contribution < -0.4 is 5.32 Å². The number of rotatable bonds is 3. The summed E-state index contributed by atoms with van der Waals surface area (Å²) in [4.78, 5) is 4.46. The monoisotopic (exact) mass is 240 g/mol. The maximum Gasteiger partial charge on any atom is 0.0704 e. The van der Waals surface area contributed by atoms with Gasteiger partial charge in [-0.3, -0.25) is 4.98 Å². The average molecular weight is 240 g/mol. The molecular formula is C16H20N2. The molecule has 18 heavy (non-hydrogen) atoms. The van der Waals surface area contributed by atoms with Crippen molar-refractivity contribution in [1.82, 2.24) is 10.3 Å². The Kier molecular flexibility index (Phi) is 3.28. The number of aromatic nitrogens is 1. The van der Waals surface area contributed by atoms with Gasteiger partial charge in [-0.05, 0) is 43.0 Å². The van der Waals surface area contributed by atoms with Gasteiger partial charge in [-0.25, -0.2) is 0 Å². The highest BCUT2D eigenvalue weighted by Crippen LogP contribution is 2.37. The van der Waals surface area contributed by atoms with Gasteiger partial charge in [-0.15, -0.1) is 0 Å². The Hall–Kier alpha value is -1.41. The summed E-state index contributed by atoms with van der Waals surface area (Å²) in [7, 11) is 0. The molecule has 0 bridgehead atoms. The van der Waals surface area contributed by atoms with Gasteiger partial charge in [-0.2, -0.15) is 0 Å². The first-order valence-electron chi connectivity index (χ1n) is 6.97. The van der Waals surface area contributed by atoms with Crippen LogP contribution in [0.1, 0.15) is 37.7 Å². The van der Waals surface area contributed by atoms with E-state index in [1.165, 1.54) is 30.2 Å². The van der Waals surface area contributed by atoms with Crippen LogP contribution in [0, 0.1) is 0 Å². The van der Waals surface area contributed by atoms with Crippen LogP contribution in [0.3, 0.4) is 0 Å². The minimum atomic E-state index is 0.640. The molecule has 1 aliphatic carbocycles. The summed E-state index contributed by atoms with van der Waals surface area (Å²) in [6.45, 7) is 3.25. The van der Waals surface area contributed by atoms with Crippen molar-refractivity contribution in [1.29, 1.82) is 0 Å². The van der Waals surface area contributed by atoms with Crippen molar-refractivity contribution in [3.63, 3.8) is 0 Å². The van der Waals surface area contributed by atoms with Crippen LogP contribution in [-0.4, -0.2) is 17.6 Å². The fourth-order valence-electron chi connectivity index (χ4n) is 3.29. The summed E-state index contributed by atoms with van der Waals surface area (Å²) < 4.78 is 0. The first-order valence-corrected chi connectivity index (χ1v) is 6.97. The molecule has 2 nitrogen and oxygen atoms in total. The van der Waals surface area contributed by atoms with Gasteiger partial charge in [-0.1, -0.05) is 31.5 Å². The average Bonchev–Trinajstić information content (AvgIpc) is 2.87. The van der Waals surface area contributed by atoms with Crippen LogP contribution in [0.25, 0.3) is 10.9 Å². The van der Waals surface area contributed by atoms with Crippen LogP contribution in [0.4, 0.5) is 0 Å². The Labute approximate surface area is 108 Å². The second-order valence-electron chi connectivity index (χ2n) is 5.12. The molecule has 2 unspecified atom stereocenters. The van der Waals surface area contributed by atoms with E-state index < -0.39 is 0 Å². The van der Waals surface area contributed by atoms with Gasteiger partial charge in [0.25, 0.3) is 0 Å². The molecule has 3 rings (SSSR count). The molecule has 1 N–H and O–H groups in total. The predicted molar refractivity (Wildman–Crippen MR) is 75.8 cm³/mol. The topological polar surface area (TPSA) is 24.9 Å². The zero-order valence-corrected chi connectivity index (χ0v) is 10.9. The summed E-state index contributed by atoms with van der Waals surface area (Å²) >= 11 is 0. The molecule has 1 saturated carbocycles. The van der Waals surface area contributed by atoms with Crippen molar-refractivity contribution in [2.75, 3.05) is 6.54 Å². The summed E-state index contributed by atoms with van der Waals surface area (Å²) in [5, 5.41) is 4.97. The van der Waals surface area contributed by atoms with Gasteiger partial charge >= 0.3 is 0 Å². The minimum Gasteiger partial charge on any atom is -0.314 e. The lowest BCUT2D eigenvalue weighted by atomic mass is 9.91. The van der Waals surface area contributed by atoms with Crippen molar-refractivity contribution in [2.24, 2.45) is 0 Å². The fraction of sp³-hybridized carbons (Fsp3) is 0.438. The second kappa shape index (κ2) is 5.07. The summed E-state index contributed by atoms with van der Waals surface area (Å²) in [5.74, 6) is 0.651. The van der Waals surface area contributed by atoms with Crippen molar-refractivity contribution in [3.8, 4) is 0 Å². The molecule has 2 heteroatoms. The first kappa shape index (κ1) is 11.7. The largest absolute Gasteiger partial charge is 0.314 e. The van der Waals surface area contributed by atoms with E-state index in [1.807, 2.05) is 12.3 Å². The van der Waals surface area contributed by atoms with Crippen LogP contribution in [0.5, 0.6) is 0 Å². The number of likely N-dealkylation sites (N-methyl/N-ethyl adjacent to an activating group) is 1. The van der Waals surface area contributed by atoms with E-state index >= 15 is 0 Å². The second-order valence-corrected chi connectivity index (χ2v) is 5.12. The molecule has 0 radical (unpaired) electrons. The van der Waals surface area contributed by atoms with Crippen molar-refractivity contribution < 1.29 is 0 Å². The SMILES string of the molecule is CCNC1CCCC1c1cccc2ncccc12. The van der Waals surface area contributed by atoms with E-state index in [0.29, 0.717) is 12.0 Å². The summed E-state index contributed by atoms with van der Waals surface area (Å²) in [5.41, 5.74) is 2.60. The molecule has 1 heterocycles. The smallest absolute Gasteiger partial charge is 0.0704 e. The number of nitrogens with zero attached hydrogens (tertiary/aromatic N) is 1. The standard InChI is InChI=1S/C16H20N2/c1-2-17-15-9-4-7-13(15)12-6-3-10-16-14(12)8-5-11-18-16/h3,5-6,8,10-11,13,15,17H,2,4,7,9H2,1H3. The zero-order valence-electron chi connectivity index (χ0n) is 10.9. The molecule has 1 fully saturated rings. The normalized spacial score (nSPS) is 23.6. The first-order chi connectivity index (χ1) is 8.90. The van der Waals surface area contributed by atoms with E-state index in [-0.39, 0.29) is 0 Å². The van der Waals surface area contributed by atoms with E-state index in [1.54, 1.807) is 0 Å². The molecule has 1 aromatic heterocycles. The highest BCUT2D eigenvalue weighted by atomic mass is 14.9. The Bertz CT molecular complexity index is 530. The molecule has 1 aliphatic rings. The Morgan fingerprint density at radius 2 is 2.17 bits per heavy atom. The number of nitrogens with one attached hydrogen (secondary N) is 1. The van der Waals surface area contributed by atoms with Crippen LogP contribution >= 0.6 is 0 Å². The van der Waals surface area contributed by atoms with Crippen molar-refractivity contribution in [3.05, 3.63) is 42.1 Å². The van der Waals surface area contributed by atoms with Gasteiger partial charge in [0.05, 0.1) is 5.52 Å². The van der Waals surface area contributed by atoms with Crippen LogP contribution in [0.2, 0.25) is 0 Å². The molecule has 0 saturated heterocycles. The highest BCUT2D eigenvalue weighted by molar-refractivity contribution is 5.82. The van der Waals surface area contributed by atoms with E-state index in [2.05, 4.69) is 41.5 Å². The lowest BCUT2D eigenvalue weighted by Gasteiger charge is -2.22. The predicted octanol–water partition coefficient (Wildman–Crippen LogP) is 3.48. The van der Waals surface area contributed by atoms with Gasteiger partial charge in [0.1, 0.15) is 0 Å². The molecule has 2 aromatic rings. The number of pyridine rings is 1. The zero-order chi connectivity index (χ0) is 12.4. The summed E-state index contributed by atoms with van der Waals surface area (Å²) in [6, 6.07) is 11.4. The lowest BCUT2D eigenvalue weighted by Crippen LogP contribution is -2.30. The highest BCUT2D eigenvalue weighted by Gasteiger charge is 2.28. The molecule has 94 valence electrons. The Morgan fingerprint density at radius 1 is 1.22 bits per heavy atom. The van der Waals surface area contributed by atoms with Gasteiger partial charge in [0.2, 0.25) is 0 Å². The maximum atomic E-state index is 4.46. The molecule has 1 aromatic carbocycles. The Morgan fingerprint density at radius 3 is 3.06 bits per heavy atom. The number of benzene rings is 1. The molecule has 0 amide bonds. The lowest BCUT2D eigenvalue weighted by molar-refractivity contribution is 0.494. The van der Waals surface area contributed by atoms with E-state index in [9.17, 15) is 0 Å². The molecule has 0 spiro atoms. The third kappa shape index (κ3) is 2.01. The van der Waals surface area contributed by atoms with Crippen molar-refractivity contribution in [2.45, 2.75) is 38.1 Å². The Balaban J connectivity index is 2.03. The van der Waals surface area contributed by atoms with Crippen LogP contribution in [0.15, 0.2) is 36.5 Å². The third-order valence-electron chi connectivity index (χ3n) is 4.06. The summed E-state index contributed by atoms with van der Waals surface area (Å²) in [6.07, 6.45) is 5.81. The number of hydrogen-bond acceptors (Lipinski definition) is 2. The number of hydrogen-bond donors (Lipinski definition) is 1. The quantitative estimate of drug-likeness (QED) is 0.888. The third-order valence-corrected chi connectivity index (χ3v) is 4.06.